The number of carbonyl (C=O) groups excluding carboxylic acids is 1. The standard InChI is InChI=1S/C12H11BrN2O2S/c1-15-5-6-18-12(15)14-11(16)9-7-8(17-2)3-4-10(9)13/h3-7H,1-2H3. The fourth-order valence-electron chi connectivity index (χ4n) is 1.38. The second kappa shape index (κ2) is 5.49. The molecular weight excluding hydrogens is 316 g/mol. The summed E-state index contributed by atoms with van der Waals surface area (Å²) in [5.74, 6) is 0.339. The largest absolute Gasteiger partial charge is 0.497 e. The Morgan fingerprint density at radius 2 is 2.28 bits per heavy atom. The highest BCUT2D eigenvalue weighted by molar-refractivity contribution is 9.10. The Morgan fingerprint density at radius 3 is 2.89 bits per heavy atom. The van der Waals surface area contributed by atoms with E-state index in [1.54, 1.807) is 29.9 Å². The highest BCUT2D eigenvalue weighted by atomic mass is 79.9. The van der Waals surface area contributed by atoms with Crippen molar-refractivity contribution in [1.82, 2.24) is 4.57 Å². The van der Waals surface area contributed by atoms with E-state index in [9.17, 15) is 4.79 Å². The predicted molar refractivity (Wildman–Crippen MR) is 73.9 cm³/mol. The van der Waals surface area contributed by atoms with Crippen molar-refractivity contribution in [2.75, 3.05) is 7.11 Å². The Morgan fingerprint density at radius 1 is 1.50 bits per heavy atom. The Hall–Kier alpha value is -1.40. The SMILES string of the molecule is COc1ccc(Br)c(C(=O)N=c2sccn2C)c1. The summed E-state index contributed by atoms with van der Waals surface area (Å²) in [6, 6.07) is 5.23. The molecule has 0 spiro atoms. The number of methoxy groups -OCH3 is 1. The first-order valence-electron chi connectivity index (χ1n) is 5.14. The minimum Gasteiger partial charge on any atom is -0.497 e. The fourth-order valence-corrected chi connectivity index (χ4v) is 2.52. The van der Waals surface area contributed by atoms with E-state index in [0.29, 0.717) is 20.6 Å². The number of carbonyl (C=O) groups is 1. The van der Waals surface area contributed by atoms with Gasteiger partial charge in [0.2, 0.25) is 0 Å². The third-order valence-corrected chi connectivity index (χ3v) is 3.90. The van der Waals surface area contributed by atoms with Crippen LogP contribution in [-0.4, -0.2) is 17.6 Å². The number of hydrogen-bond donors (Lipinski definition) is 0. The van der Waals surface area contributed by atoms with Crippen LogP contribution in [0, 0.1) is 0 Å². The number of aromatic nitrogens is 1. The second-order valence-corrected chi connectivity index (χ2v) is 5.29. The summed E-state index contributed by atoms with van der Waals surface area (Å²) >= 11 is 4.76. The molecule has 0 saturated carbocycles. The van der Waals surface area contributed by atoms with E-state index in [1.807, 2.05) is 18.6 Å². The van der Waals surface area contributed by atoms with Crippen molar-refractivity contribution in [3.8, 4) is 5.75 Å². The van der Waals surface area contributed by atoms with Crippen LogP contribution < -0.4 is 9.54 Å². The van der Waals surface area contributed by atoms with Crippen molar-refractivity contribution in [3.63, 3.8) is 0 Å². The third kappa shape index (κ3) is 2.70. The lowest BCUT2D eigenvalue weighted by atomic mass is 10.2. The maximum atomic E-state index is 12.1. The molecule has 4 nitrogen and oxygen atoms in total. The molecule has 1 amide bonds. The summed E-state index contributed by atoms with van der Waals surface area (Å²) in [5, 5.41) is 1.88. The van der Waals surface area contributed by atoms with Gasteiger partial charge in [0, 0.05) is 23.1 Å². The summed E-state index contributed by atoms with van der Waals surface area (Å²) in [5.41, 5.74) is 0.489. The molecule has 1 aromatic carbocycles. The van der Waals surface area contributed by atoms with E-state index in [2.05, 4.69) is 20.9 Å². The molecular formula is C12H11BrN2O2S. The number of hydrogen-bond acceptors (Lipinski definition) is 3. The zero-order valence-electron chi connectivity index (χ0n) is 9.88. The van der Waals surface area contributed by atoms with Crippen LogP contribution in [0.15, 0.2) is 39.2 Å². The number of thiazole rings is 1. The Bertz CT molecular complexity index is 646. The Labute approximate surface area is 117 Å². The Balaban J connectivity index is 2.44. The van der Waals surface area contributed by atoms with Crippen LogP contribution in [-0.2, 0) is 7.05 Å². The molecule has 94 valence electrons. The van der Waals surface area contributed by atoms with Gasteiger partial charge in [-0.3, -0.25) is 4.79 Å². The zero-order chi connectivity index (χ0) is 13.1. The number of amides is 1. The van der Waals surface area contributed by atoms with Gasteiger partial charge in [0.25, 0.3) is 5.91 Å². The number of halogens is 1. The highest BCUT2D eigenvalue weighted by Gasteiger charge is 2.10. The van der Waals surface area contributed by atoms with Gasteiger partial charge in [-0.15, -0.1) is 11.3 Å². The normalized spacial score (nSPS) is 11.6. The topological polar surface area (TPSA) is 43.6 Å². The van der Waals surface area contributed by atoms with E-state index in [-0.39, 0.29) is 5.91 Å². The molecule has 0 aliphatic carbocycles. The molecule has 18 heavy (non-hydrogen) atoms. The maximum Gasteiger partial charge on any atom is 0.280 e. The molecule has 6 heteroatoms. The average Bonchev–Trinajstić information content (AvgIpc) is 2.75. The van der Waals surface area contributed by atoms with Crippen molar-refractivity contribution < 1.29 is 9.53 Å². The van der Waals surface area contributed by atoms with Crippen LogP contribution in [0.25, 0.3) is 0 Å². The van der Waals surface area contributed by atoms with E-state index in [1.165, 1.54) is 11.3 Å². The summed E-state index contributed by atoms with van der Waals surface area (Å²) in [4.78, 5) is 16.8. The van der Waals surface area contributed by atoms with Crippen molar-refractivity contribution in [3.05, 3.63) is 44.6 Å². The van der Waals surface area contributed by atoms with Gasteiger partial charge in [-0.25, -0.2) is 0 Å². The van der Waals surface area contributed by atoms with Gasteiger partial charge in [0.05, 0.1) is 12.7 Å². The van der Waals surface area contributed by atoms with Gasteiger partial charge in [0.15, 0.2) is 4.80 Å². The number of nitrogens with zero attached hydrogens (tertiary/aromatic N) is 2. The van der Waals surface area contributed by atoms with Gasteiger partial charge in [-0.1, -0.05) is 0 Å². The first-order chi connectivity index (χ1) is 8.61. The van der Waals surface area contributed by atoms with Crippen LogP contribution >= 0.6 is 27.3 Å². The lowest BCUT2D eigenvalue weighted by Crippen LogP contribution is -2.12. The molecule has 2 aromatic rings. The van der Waals surface area contributed by atoms with E-state index in [0.717, 1.165) is 0 Å². The fraction of sp³-hybridized carbons (Fsp3) is 0.167. The summed E-state index contributed by atoms with van der Waals surface area (Å²) in [6.45, 7) is 0. The highest BCUT2D eigenvalue weighted by Crippen LogP contribution is 2.23. The van der Waals surface area contributed by atoms with Crippen molar-refractivity contribution in [2.45, 2.75) is 0 Å². The molecule has 2 rings (SSSR count). The van der Waals surface area contributed by atoms with Gasteiger partial charge in [-0.05, 0) is 34.1 Å². The minimum absolute atomic E-state index is 0.293. The number of rotatable bonds is 2. The molecule has 0 fully saturated rings. The van der Waals surface area contributed by atoms with E-state index in [4.69, 9.17) is 4.74 Å². The molecule has 0 aliphatic heterocycles. The van der Waals surface area contributed by atoms with Crippen molar-refractivity contribution in [2.24, 2.45) is 12.0 Å². The van der Waals surface area contributed by atoms with Gasteiger partial charge in [-0.2, -0.15) is 4.99 Å². The number of benzene rings is 1. The summed E-state index contributed by atoms with van der Waals surface area (Å²) in [6.07, 6.45) is 1.86. The maximum absolute atomic E-state index is 12.1. The smallest absolute Gasteiger partial charge is 0.280 e. The quantitative estimate of drug-likeness (QED) is 0.851. The molecule has 1 heterocycles. The number of ether oxygens (including phenoxy) is 1. The lowest BCUT2D eigenvalue weighted by Gasteiger charge is -2.03. The first-order valence-corrected chi connectivity index (χ1v) is 6.82. The van der Waals surface area contributed by atoms with Crippen LogP contribution in [0.2, 0.25) is 0 Å². The molecule has 1 aromatic heterocycles. The minimum atomic E-state index is -0.293. The van der Waals surface area contributed by atoms with Gasteiger partial charge < -0.3 is 9.30 Å². The molecule has 0 aliphatic rings. The van der Waals surface area contributed by atoms with Crippen LogP contribution in [0.3, 0.4) is 0 Å². The predicted octanol–water partition coefficient (Wildman–Crippen LogP) is 2.60. The molecule has 0 saturated heterocycles. The summed E-state index contributed by atoms with van der Waals surface area (Å²) in [7, 11) is 3.41. The van der Waals surface area contributed by atoms with Gasteiger partial charge >= 0.3 is 0 Å². The van der Waals surface area contributed by atoms with E-state index >= 15 is 0 Å². The Kier molecular flexibility index (Phi) is 3.98. The lowest BCUT2D eigenvalue weighted by molar-refractivity contribution is 0.0997. The van der Waals surface area contributed by atoms with Crippen LogP contribution in [0.5, 0.6) is 5.75 Å². The molecule has 0 bridgehead atoms. The molecule has 0 radical (unpaired) electrons. The molecule has 0 atom stereocenters. The zero-order valence-corrected chi connectivity index (χ0v) is 12.3. The number of aryl methyl sites for hydroxylation is 1. The van der Waals surface area contributed by atoms with E-state index < -0.39 is 0 Å². The third-order valence-electron chi connectivity index (χ3n) is 2.36. The van der Waals surface area contributed by atoms with Gasteiger partial charge in [0.1, 0.15) is 5.75 Å². The van der Waals surface area contributed by atoms with Crippen molar-refractivity contribution >= 4 is 33.2 Å². The first kappa shape index (κ1) is 13.0. The van der Waals surface area contributed by atoms with Crippen molar-refractivity contribution in [1.29, 1.82) is 0 Å². The average molecular weight is 327 g/mol. The summed E-state index contributed by atoms with van der Waals surface area (Å²) < 4.78 is 7.61. The molecule has 0 unspecified atom stereocenters. The monoisotopic (exact) mass is 326 g/mol. The van der Waals surface area contributed by atoms with Crippen LogP contribution in [0.1, 0.15) is 10.4 Å². The second-order valence-electron chi connectivity index (χ2n) is 3.56. The van der Waals surface area contributed by atoms with Crippen LogP contribution in [0.4, 0.5) is 0 Å². The molecule has 0 N–H and O–H groups in total.